The maximum atomic E-state index is 12.1. The molecule has 0 atom stereocenters. The average Bonchev–Trinajstić information content (AvgIpc) is 2.46. The minimum atomic E-state index is -3.81. The number of amides is 1. The number of aromatic nitrogens is 1. The first-order chi connectivity index (χ1) is 9.90. The molecule has 0 bridgehead atoms. The molecule has 0 aliphatic carbocycles. The molecule has 1 amide bonds. The summed E-state index contributed by atoms with van der Waals surface area (Å²) in [6, 6.07) is 10.7. The Hall–Kier alpha value is -2.45. The second-order valence-corrected chi connectivity index (χ2v) is 5.75. The van der Waals surface area contributed by atoms with Crippen molar-refractivity contribution in [3.63, 3.8) is 0 Å². The SMILES string of the molecule is CNc1cccc(C(=O)Nc2cccc(S(N)(=O)=O)c2)n1. The number of carbonyl (C=O) groups excluding carboxylic acids is 1. The average molecular weight is 306 g/mol. The molecule has 0 fully saturated rings. The Kier molecular flexibility index (Phi) is 4.20. The van der Waals surface area contributed by atoms with Crippen molar-refractivity contribution >= 4 is 27.4 Å². The summed E-state index contributed by atoms with van der Waals surface area (Å²) in [5.41, 5.74) is 0.533. The van der Waals surface area contributed by atoms with Gasteiger partial charge in [0.1, 0.15) is 11.5 Å². The highest BCUT2D eigenvalue weighted by molar-refractivity contribution is 7.89. The Labute approximate surface area is 122 Å². The lowest BCUT2D eigenvalue weighted by Crippen LogP contribution is -2.16. The smallest absolute Gasteiger partial charge is 0.274 e. The number of benzene rings is 1. The zero-order valence-electron chi connectivity index (χ0n) is 11.2. The summed E-state index contributed by atoms with van der Waals surface area (Å²) in [4.78, 5) is 16.1. The molecule has 2 rings (SSSR count). The molecule has 0 aliphatic heterocycles. The highest BCUT2D eigenvalue weighted by atomic mass is 32.2. The molecule has 1 aromatic carbocycles. The van der Waals surface area contributed by atoms with E-state index in [2.05, 4.69) is 15.6 Å². The largest absolute Gasteiger partial charge is 0.373 e. The fourth-order valence-electron chi connectivity index (χ4n) is 1.65. The number of primary sulfonamides is 1. The number of pyridine rings is 1. The normalized spacial score (nSPS) is 11.0. The van der Waals surface area contributed by atoms with Gasteiger partial charge in [-0.3, -0.25) is 4.79 Å². The predicted molar refractivity (Wildman–Crippen MR) is 79.6 cm³/mol. The van der Waals surface area contributed by atoms with Crippen LogP contribution < -0.4 is 15.8 Å². The number of anilines is 2. The van der Waals surface area contributed by atoms with Gasteiger partial charge in [0, 0.05) is 12.7 Å². The fraction of sp³-hybridized carbons (Fsp3) is 0.0769. The molecule has 21 heavy (non-hydrogen) atoms. The quantitative estimate of drug-likeness (QED) is 0.780. The van der Waals surface area contributed by atoms with E-state index in [1.54, 1.807) is 31.3 Å². The second-order valence-electron chi connectivity index (χ2n) is 4.19. The molecule has 0 saturated carbocycles. The molecule has 1 heterocycles. The summed E-state index contributed by atoms with van der Waals surface area (Å²) >= 11 is 0. The minimum absolute atomic E-state index is 0.0720. The first-order valence-corrected chi connectivity index (χ1v) is 7.54. The Morgan fingerprint density at radius 2 is 1.90 bits per heavy atom. The third-order valence-corrected chi connectivity index (χ3v) is 3.57. The van der Waals surface area contributed by atoms with Gasteiger partial charge in [0.25, 0.3) is 5.91 Å². The van der Waals surface area contributed by atoms with Crippen LogP contribution in [0.3, 0.4) is 0 Å². The lowest BCUT2D eigenvalue weighted by molar-refractivity contribution is 0.102. The van der Waals surface area contributed by atoms with Crippen LogP contribution in [-0.2, 0) is 10.0 Å². The third kappa shape index (κ3) is 3.77. The maximum absolute atomic E-state index is 12.1. The van der Waals surface area contributed by atoms with Crippen LogP contribution in [0.1, 0.15) is 10.5 Å². The Morgan fingerprint density at radius 3 is 2.57 bits per heavy atom. The number of hydrogen-bond donors (Lipinski definition) is 3. The molecule has 0 aliphatic rings. The molecule has 0 radical (unpaired) electrons. The highest BCUT2D eigenvalue weighted by Gasteiger charge is 2.11. The number of hydrogen-bond acceptors (Lipinski definition) is 5. The predicted octanol–water partition coefficient (Wildman–Crippen LogP) is 1.02. The van der Waals surface area contributed by atoms with Gasteiger partial charge in [0.2, 0.25) is 10.0 Å². The van der Waals surface area contributed by atoms with Crippen LogP contribution in [0.15, 0.2) is 47.4 Å². The van der Waals surface area contributed by atoms with Crippen molar-refractivity contribution in [1.29, 1.82) is 0 Å². The van der Waals surface area contributed by atoms with E-state index in [4.69, 9.17) is 5.14 Å². The third-order valence-electron chi connectivity index (χ3n) is 2.66. The van der Waals surface area contributed by atoms with Crippen molar-refractivity contribution in [2.24, 2.45) is 5.14 Å². The molecule has 0 unspecified atom stereocenters. The van der Waals surface area contributed by atoms with Gasteiger partial charge in [0.15, 0.2) is 0 Å². The van der Waals surface area contributed by atoms with E-state index in [0.29, 0.717) is 11.5 Å². The lowest BCUT2D eigenvalue weighted by atomic mass is 10.3. The van der Waals surface area contributed by atoms with Crippen LogP contribution in [0.2, 0.25) is 0 Å². The van der Waals surface area contributed by atoms with Crippen molar-refractivity contribution in [2.45, 2.75) is 4.90 Å². The number of nitrogens with two attached hydrogens (primary N) is 1. The van der Waals surface area contributed by atoms with E-state index in [9.17, 15) is 13.2 Å². The van der Waals surface area contributed by atoms with E-state index < -0.39 is 15.9 Å². The zero-order chi connectivity index (χ0) is 15.5. The molecular formula is C13H14N4O3S. The Morgan fingerprint density at radius 1 is 1.19 bits per heavy atom. The first kappa shape index (κ1) is 14.9. The van der Waals surface area contributed by atoms with E-state index in [1.807, 2.05) is 0 Å². The van der Waals surface area contributed by atoms with Crippen LogP contribution in [0.4, 0.5) is 11.5 Å². The van der Waals surface area contributed by atoms with Gasteiger partial charge in [-0.15, -0.1) is 0 Å². The van der Waals surface area contributed by atoms with E-state index in [-0.39, 0.29) is 10.6 Å². The van der Waals surface area contributed by atoms with Crippen LogP contribution in [0.25, 0.3) is 0 Å². The van der Waals surface area contributed by atoms with Crippen LogP contribution in [0.5, 0.6) is 0 Å². The van der Waals surface area contributed by atoms with Crippen LogP contribution in [-0.4, -0.2) is 26.4 Å². The molecule has 110 valence electrons. The molecular weight excluding hydrogens is 292 g/mol. The van der Waals surface area contributed by atoms with Gasteiger partial charge >= 0.3 is 0 Å². The maximum Gasteiger partial charge on any atom is 0.274 e. The Balaban J connectivity index is 2.23. The minimum Gasteiger partial charge on any atom is -0.373 e. The zero-order valence-corrected chi connectivity index (χ0v) is 12.0. The standard InChI is InChI=1S/C13H14N4O3S/c1-15-12-7-3-6-11(17-12)13(18)16-9-4-2-5-10(8-9)21(14,19)20/h2-8H,1H3,(H,15,17)(H,16,18)(H2,14,19,20). The molecule has 0 spiro atoms. The van der Waals surface area contributed by atoms with Crippen LogP contribution in [0, 0.1) is 0 Å². The van der Waals surface area contributed by atoms with E-state index in [0.717, 1.165) is 0 Å². The van der Waals surface area contributed by atoms with Crippen molar-refractivity contribution < 1.29 is 13.2 Å². The first-order valence-electron chi connectivity index (χ1n) is 5.99. The summed E-state index contributed by atoms with van der Waals surface area (Å²) in [7, 11) is -2.12. The number of carbonyl (C=O) groups is 1. The monoisotopic (exact) mass is 306 g/mol. The van der Waals surface area contributed by atoms with Gasteiger partial charge in [-0.1, -0.05) is 12.1 Å². The van der Waals surface area contributed by atoms with E-state index in [1.165, 1.54) is 18.2 Å². The summed E-state index contributed by atoms with van der Waals surface area (Å²) in [6.45, 7) is 0. The van der Waals surface area contributed by atoms with Gasteiger partial charge in [-0.2, -0.15) is 0 Å². The van der Waals surface area contributed by atoms with Gasteiger partial charge in [-0.05, 0) is 30.3 Å². The fourth-order valence-corrected chi connectivity index (χ4v) is 2.21. The summed E-state index contributed by atoms with van der Waals surface area (Å²) in [6.07, 6.45) is 0. The lowest BCUT2D eigenvalue weighted by Gasteiger charge is -2.07. The Bertz CT molecular complexity index is 774. The van der Waals surface area contributed by atoms with Crippen molar-refractivity contribution in [2.75, 3.05) is 17.7 Å². The van der Waals surface area contributed by atoms with Crippen molar-refractivity contribution in [1.82, 2.24) is 4.98 Å². The topological polar surface area (TPSA) is 114 Å². The molecule has 8 heteroatoms. The van der Waals surface area contributed by atoms with Crippen molar-refractivity contribution in [3.05, 3.63) is 48.2 Å². The summed E-state index contributed by atoms with van der Waals surface area (Å²) < 4.78 is 22.5. The number of sulfonamides is 1. The number of nitrogens with zero attached hydrogens (tertiary/aromatic N) is 1. The summed E-state index contributed by atoms with van der Waals surface area (Å²) in [5, 5.41) is 10.4. The van der Waals surface area contributed by atoms with Gasteiger partial charge < -0.3 is 10.6 Å². The number of rotatable bonds is 4. The highest BCUT2D eigenvalue weighted by Crippen LogP contribution is 2.15. The summed E-state index contributed by atoms with van der Waals surface area (Å²) in [5.74, 6) is 0.111. The van der Waals surface area contributed by atoms with Crippen LogP contribution >= 0.6 is 0 Å². The molecule has 0 saturated heterocycles. The number of nitrogens with one attached hydrogen (secondary N) is 2. The molecule has 4 N–H and O–H groups in total. The van der Waals surface area contributed by atoms with Gasteiger partial charge in [-0.25, -0.2) is 18.5 Å². The van der Waals surface area contributed by atoms with Crippen molar-refractivity contribution in [3.8, 4) is 0 Å². The molecule has 1 aromatic heterocycles. The second kappa shape index (κ2) is 5.90. The molecule has 2 aromatic rings. The molecule has 7 nitrogen and oxygen atoms in total. The van der Waals surface area contributed by atoms with E-state index >= 15 is 0 Å². The van der Waals surface area contributed by atoms with Gasteiger partial charge in [0.05, 0.1) is 4.90 Å².